The summed E-state index contributed by atoms with van der Waals surface area (Å²) in [5.74, 6) is 0.572. The van der Waals surface area contributed by atoms with Crippen molar-refractivity contribution >= 4 is 21.9 Å². The minimum Gasteiger partial charge on any atom is -0.492 e. The zero-order chi connectivity index (χ0) is 14.3. The van der Waals surface area contributed by atoms with Crippen molar-refractivity contribution in [3.05, 3.63) is 28.2 Å². The van der Waals surface area contributed by atoms with Crippen LogP contribution >= 0.6 is 15.9 Å². The van der Waals surface area contributed by atoms with Gasteiger partial charge in [0.05, 0.1) is 18.2 Å². The van der Waals surface area contributed by atoms with E-state index in [2.05, 4.69) is 27.6 Å². The van der Waals surface area contributed by atoms with Crippen LogP contribution in [0.2, 0.25) is 0 Å². The van der Waals surface area contributed by atoms with Crippen molar-refractivity contribution in [2.75, 3.05) is 13.7 Å². The zero-order valence-electron chi connectivity index (χ0n) is 11.3. The molecule has 1 rings (SSSR count). The third-order valence-electron chi connectivity index (χ3n) is 2.73. The quantitative estimate of drug-likeness (QED) is 0.780. The summed E-state index contributed by atoms with van der Waals surface area (Å²) >= 11 is 3.47. The van der Waals surface area contributed by atoms with Gasteiger partial charge in [-0.05, 0) is 46.5 Å². The molecule has 0 aliphatic rings. The van der Waals surface area contributed by atoms with Crippen molar-refractivity contribution < 1.29 is 14.3 Å². The van der Waals surface area contributed by atoms with Gasteiger partial charge in [-0.15, -0.1) is 0 Å². The van der Waals surface area contributed by atoms with Crippen LogP contribution in [-0.4, -0.2) is 19.7 Å². The van der Waals surface area contributed by atoms with Crippen molar-refractivity contribution in [1.82, 2.24) is 0 Å². The van der Waals surface area contributed by atoms with Gasteiger partial charge in [0.2, 0.25) is 0 Å². The van der Waals surface area contributed by atoms with E-state index in [4.69, 9.17) is 10.5 Å². The summed E-state index contributed by atoms with van der Waals surface area (Å²) in [7, 11) is 1.38. The molecule has 0 bridgehead atoms. The summed E-state index contributed by atoms with van der Waals surface area (Å²) < 4.78 is 11.1. The molecule has 1 atom stereocenters. The molecule has 0 heterocycles. The lowest BCUT2D eigenvalue weighted by molar-refractivity contribution is -0.140. The first-order chi connectivity index (χ1) is 9.08. The maximum absolute atomic E-state index is 11.1. The molecular weight excluding hydrogens is 310 g/mol. The number of methoxy groups -OCH3 is 1. The first-order valence-electron chi connectivity index (χ1n) is 6.33. The van der Waals surface area contributed by atoms with Crippen molar-refractivity contribution in [1.29, 1.82) is 0 Å². The predicted octanol–water partition coefficient (Wildman–Crippen LogP) is 3.19. The van der Waals surface area contributed by atoms with Gasteiger partial charge in [-0.2, -0.15) is 0 Å². The predicted molar refractivity (Wildman–Crippen MR) is 78.1 cm³/mol. The van der Waals surface area contributed by atoms with Gasteiger partial charge in [-0.25, -0.2) is 0 Å². The van der Waals surface area contributed by atoms with Crippen molar-refractivity contribution in [2.24, 2.45) is 5.73 Å². The normalized spacial score (nSPS) is 12.0. The minimum absolute atomic E-state index is 0.185. The second-order valence-electron chi connectivity index (χ2n) is 4.26. The SMILES string of the molecule is CCCOc1ccc(C(N)CCC(=O)OC)cc1Br. The van der Waals surface area contributed by atoms with Gasteiger partial charge in [0, 0.05) is 12.5 Å². The fraction of sp³-hybridized carbons (Fsp3) is 0.500. The highest BCUT2D eigenvalue weighted by atomic mass is 79.9. The lowest BCUT2D eigenvalue weighted by Crippen LogP contribution is -2.13. The van der Waals surface area contributed by atoms with Crippen molar-refractivity contribution in [3.63, 3.8) is 0 Å². The molecule has 1 aromatic carbocycles. The Hall–Kier alpha value is -1.07. The molecule has 0 amide bonds. The zero-order valence-corrected chi connectivity index (χ0v) is 12.9. The van der Waals surface area contributed by atoms with Crippen LogP contribution in [0.25, 0.3) is 0 Å². The maximum atomic E-state index is 11.1. The number of hydrogen-bond donors (Lipinski definition) is 1. The summed E-state index contributed by atoms with van der Waals surface area (Å²) in [6.45, 7) is 2.75. The Kier molecular flexibility index (Phi) is 6.87. The van der Waals surface area contributed by atoms with Crippen molar-refractivity contribution in [2.45, 2.75) is 32.2 Å². The second kappa shape index (κ2) is 8.17. The lowest BCUT2D eigenvalue weighted by Gasteiger charge is -2.14. The van der Waals surface area contributed by atoms with E-state index in [1.165, 1.54) is 7.11 Å². The highest BCUT2D eigenvalue weighted by Gasteiger charge is 2.11. The molecule has 2 N–H and O–H groups in total. The Balaban J connectivity index is 2.63. The van der Waals surface area contributed by atoms with E-state index in [0.29, 0.717) is 19.4 Å². The number of hydrogen-bond acceptors (Lipinski definition) is 4. The average Bonchev–Trinajstić information content (AvgIpc) is 2.42. The van der Waals surface area contributed by atoms with Crippen LogP contribution in [0.5, 0.6) is 5.75 Å². The molecule has 0 aliphatic heterocycles. The molecule has 19 heavy (non-hydrogen) atoms. The summed E-state index contributed by atoms with van der Waals surface area (Å²) in [6, 6.07) is 5.58. The first-order valence-corrected chi connectivity index (χ1v) is 7.12. The number of halogens is 1. The highest BCUT2D eigenvalue weighted by molar-refractivity contribution is 9.10. The van der Waals surface area contributed by atoms with Crippen LogP contribution in [0, 0.1) is 0 Å². The second-order valence-corrected chi connectivity index (χ2v) is 5.11. The standard InChI is InChI=1S/C14H20BrNO3/c1-3-8-19-13-6-4-10(9-11(13)15)12(16)5-7-14(17)18-2/h4,6,9,12H,3,5,7-8,16H2,1-2H3. The van der Waals surface area contributed by atoms with E-state index in [9.17, 15) is 4.79 Å². The summed E-state index contributed by atoms with van der Waals surface area (Å²) in [5, 5.41) is 0. The van der Waals surface area contributed by atoms with Crippen LogP contribution in [0.15, 0.2) is 22.7 Å². The Morgan fingerprint density at radius 3 is 2.79 bits per heavy atom. The minimum atomic E-state index is -0.239. The summed E-state index contributed by atoms with van der Waals surface area (Å²) in [5.41, 5.74) is 7.02. The van der Waals surface area contributed by atoms with E-state index in [0.717, 1.165) is 22.2 Å². The molecule has 5 heteroatoms. The molecule has 0 aliphatic carbocycles. The van der Waals surface area contributed by atoms with Crippen molar-refractivity contribution in [3.8, 4) is 5.75 Å². The number of ether oxygens (including phenoxy) is 2. The van der Waals surface area contributed by atoms with Gasteiger partial charge in [-0.3, -0.25) is 4.79 Å². The highest BCUT2D eigenvalue weighted by Crippen LogP contribution is 2.29. The molecule has 106 valence electrons. The molecule has 0 saturated heterocycles. The van der Waals surface area contributed by atoms with Gasteiger partial charge < -0.3 is 15.2 Å². The van der Waals surface area contributed by atoms with E-state index in [1.807, 2.05) is 18.2 Å². The Bertz CT molecular complexity index is 423. The number of carbonyl (C=O) groups excluding carboxylic acids is 1. The van der Waals surface area contributed by atoms with Gasteiger partial charge >= 0.3 is 5.97 Å². The smallest absolute Gasteiger partial charge is 0.305 e. The number of carbonyl (C=O) groups is 1. The Morgan fingerprint density at radius 2 is 2.21 bits per heavy atom. The monoisotopic (exact) mass is 329 g/mol. The van der Waals surface area contributed by atoms with Gasteiger partial charge in [-0.1, -0.05) is 13.0 Å². The maximum Gasteiger partial charge on any atom is 0.305 e. The van der Waals surface area contributed by atoms with E-state index < -0.39 is 0 Å². The van der Waals surface area contributed by atoms with E-state index >= 15 is 0 Å². The molecule has 1 aromatic rings. The van der Waals surface area contributed by atoms with Crippen LogP contribution in [-0.2, 0) is 9.53 Å². The van der Waals surface area contributed by atoms with E-state index in [-0.39, 0.29) is 12.0 Å². The fourth-order valence-electron chi connectivity index (χ4n) is 1.62. The number of benzene rings is 1. The van der Waals surface area contributed by atoms with Gasteiger partial charge in [0.1, 0.15) is 5.75 Å². The molecule has 4 nitrogen and oxygen atoms in total. The number of rotatable bonds is 7. The van der Waals surface area contributed by atoms with Gasteiger partial charge in [0.15, 0.2) is 0 Å². The first kappa shape index (κ1) is 16.0. The largest absolute Gasteiger partial charge is 0.492 e. The average molecular weight is 330 g/mol. The number of nitrogens with two attached hydrogens (primary N) is 1. The molecule has 0 radical (unpaired) electrons. The lowest BCUT2D eigenvalue weighted by atomic mass is 10.0. The summed E-state index contributed by atoms with van der Waals surface area (Å²) in [6.07, 6.45) is 1.85. The van der Waals surface area contributed by atoms with Crippen LogP contribution in [0.3, 0.4) is 0 Å². The Labute approximate surface area is 122 Å². The molecule has 0 saturated carbocycles. The Morgan fingerprint density at radius 1 is 1.47 bits per heavy atom. The van der Waals surface area contributed by atoms with E-state index in [1.54, 1.807) is 0 Å². The van der Waals surface area contributed by atoms with Gasteiger partial charge in [0.25, 0.3) is 0 Å². The molecule has 0 spiro atoms. The van der Waals surface area contributed by atoms with Crippen LogP contribution in [0.4, 0.5) is 0 Å². The molecule has 1 unspecified atom stereocenters. The fourth-order valence-corrected chi connectivity index (χ4v) is 2.13. The summed E-state index contributed by atoms with van der Waals surface area (Å²) in [4.78, 5) is 11.1. The third kappa shape index (κ3) is 5.20. The molecule has 0 aromatic heterocycles. The molecular formula is C14H20BrNO3. The topological polar surface area (TPSA) is 61.5 Å². The van der Waals surface area contributed by atoms with Crippen LogP contribution in [0.1, 0.15) is 37.8 Å². The third-order valence-corrected chi connectivity index (χ3v) is 3.35. The van der Waals surface area contributed by atoms with Crippen LogP contribution < -0.4 is 10.5 Å². The number of esters is 1. The molecule has 0 fully saturated rings.